The summed E-state index contributed by atoms with van der Waals surface area (Å²) in [6.45, 7) is 7.48. The summed E-state index contributed by atoms with van der Waals surface area (Å²) >= 11 is 0. The molecule has 0 saturated carbocycles. The second kappa shape index (κ2) is 6.01. The van der Waals surface area contributed by atoms with E-state index in [1.807, 2.05) is 26.0 Å². The number of nitrogens with one attached hydrogen (secondary N) is 1. The fourth-order valence-electron chi connectivity index (χ4n) is 2.46. The highest BCUT2D eigenvalue weighted by Crippen LogP contribution is 2.27. The maximum atomic E-state index is 12.7. The Balaban J connectivity index is 2.44. The van der Waals surface area contributed by atoms with Crippen LogP contribution in [-0.2, 0) is 10.0 Å². The van der Waals surface area contributed by atoms with Gasteiger partial charge in [0, 0.05) is 5.69 Å². The first kappa shape index (κ1) is 16.4. The number of rotatable bonds is 4. The van der Waals surface area contributed by atoms with Crippen molar-refractivity contribution in [2.45, 2.75) is 32.6 Å². The van der Waals surface area contributed by atoms with Gasteiger partial charge in [-0.3, -0.25) is 4.72 Å². The van der Waals surface area contributed by atoms with Gasteiger partial charge in [0.2, 0.25) is 0 Å². The summed E-state index contributed by atoms with van der Waals surface area (Å²) in [6.07, 6.45) is 0. The Morgan fingerprint density at radius 3 is 1.95 bits per heavy atom. The van der Waals surface area contributed by atoms with E-state index in [0.29, 0.717) is 27.5 Å². The number of hydrogen-bond acceptors (Lipinski definition) is 3. The van der Waals surface area contributed by atoms with Gasteiger partial charge in [0.25, 0.3) is 10.0 Å². The maximum absolute atomic E-state index is 12.7. The van der Waals surface area contributed by atoms with Gasteiger partial charge in [0.05, 0.1) is 12.0 Å². The fraction of sp³-hybridized carbons (Fsp3) is 0.294. The van der Waals surface area contributed by atoms with E-state index in [9.17, 15) is 8.42 Å². The summed E-state index contributed by atoms with van der Waals surface area (Å²) in [7, 11) is -2.07. The normalized spacial score (nSPS) is 11.3. The average molecular weight is 319 g/mol. The van der Waals surface area contributed by atoms with E-state index in [-0.39, 0.29) is 0 Å². The molecular formula is C17H21NO3S. The third kappa shape index (κ3) is 3.25. The smallest absolute Gasteiger partial charge is 0.262 e. The summed E-state index contributed by atoms with van der Waals surface area (Å²) in [5.41, 5.74) is 4.06. The zero-order valence-corrected chi connectivity index (χ0v) is 14.3. The largest absolute Gasteiger partial charge is 0.497 e. The Bertz CT molecular complexity index is 788. The summed E-state index contributed by atoms with van der Waals surface area (Å²) in [5.74, 6) is 0.653. The number of benzene rings is 2. The van der Waals surface area contributed by atoms with Crippen LogP contribution in [-0.4, -0.2) is 15.5 Å². The molecule has 0 radical (unpaired) electrons. The molecule has 0 aromatic heterocycles. The van der Waals surface area contributed by atoms with Crippen molar-refractivity contribution >= 4 is 15.7 Å². The number of ether oxygens (including phenoxy) is 1. The minimum Gasteiger partial charge on any atom is -0.497 e. The summed E-state index contributed by atoms with van der Waals surface area (Å²) in [5, 5.41) is 0. The number of hydrogen-bond donors (Lipinski definition) is 1. The standard InChI is InChI=1S/C17H21NO3S/c1-11-6-7-15(8-12(11)2)18-22(19,20)17-13(3)9-16(21-5)10-14(17)4/h6-10,18H,1-5H3. The van der Waals surface area contributed by atoms with Crippen molar-refractivity contribution in [3.05, 3.63) is 52.6 Å². The average Bonchev–Trinajstić information content (AvgIpc) is 2.41. The van der Waals surface area contributed by atoms with Crippen LogP contribution in [0.15, 0.2) is 35.2 Å². The van der Waals surface area contributed by atoms with Crippen LogP contribution in [0.4, 0.5) is 5.69 Å². The molecular weight excluding hydrogens is 298 g/mol. The number of methoxy groups -OCH3 is 1. The van der Waals surface area contributed by atoms with E-state index in [4.69, 9.17) is 4.74 Å². The van der Waals surface area contributed by atoms with Crippen molar-refractivity contribution in [3.8, 4) is 5.75 Å². The molecule has 0 bridgehead atoms. The highest BCUT2D eigenvalue weighted by atomic mass is 32.2. The Hall–Kier alpha value is -2.01. The third-order valence-electron chi connectivity index (χ3n) is 3.70. The molecule has 0 fully saturated rings. The van der Waals surface area contributed by atoms with Gasteiger partial charge >= 0.3 is 0 Å². The summed E-state index contributed by atoms with van der Waals surface area (Å²) in [6, 6.07) is 8.96. The van der Waals surface area contributed by atoms with Gasteiger partial charge in [-0.05, 0) is 74.2 Å². The van der Waals surface area contributed by atoms with Gasteiger partial charge in [0.15, 0.2) is 0 Å². The number of anilines is 1. The Morgan fingerprint density at radius 2 is 1.45 bits per heavy atom. The first-order valence-corrected chi connectivity index (χ1v) is 8.48. The lowest BCUT2D eigenvalue weighted by molar-refractivity contribution is 0.413. The van der Waals surface area contributed by atoms with E-state index >= 15 is 0 Å². The van der Waals surface area contributed by atoms with Crippen molar-refractivity contribution in [2.24, 2.45) is 0 Å². The Labute approximate surface area is 132 Å². The highest BCUT2D eigenvalue weighted by molar-refractivity contribution is 7.92. The topological polar surface area (TPSA) is 55.4 Å². The number of sulfonamides is 1. The molecule has 0 aliphatic carbocycles. The fourth-order valence-corrected chi connectivity index (χ4v) is 3.97. The van der Waals surface area contributed by atoms with Crippen LogP contribution in [0, 0.1) is 27.7 Å². The van der Waals surface area contributed by atoms with Gasteiger partial charge in [0.1, 0.15) is 5.75 Å². The Kier molecular flexibility index (Phi) is 4.47. The Morgan fingerprint density at radius 1 is 0.864 bits per heavy atom. The van der Waals surface area contributed by atoms with E-state index in [2.05, 4.69) is 4.72 Å². The van der Waals surface area contributed by atoms with Gasteiger partial charge in [-0.15, -0.1) is 0 Å². The van der Waals surface area contributed by atoms with Gasteiger partial charge < -0.3 is 4.74 Å². The maximum Gasteiger partial charge on any atom is 0.262 e. The lowest BCUT2D eigenvalue weighted by Crippen LogP contribution is -2.16. The predicted molar refractivity (Wildman–Crippen MR) is 89.2 cm³/mol. The van der Waals surface area contributed by atoms with E-state index in [0.717, 1.165) is 11.1 Å². The molecule has 2 rings (SSSR count). The second-order valence-corrected chi connectivity index (χ2v) is 7.11. The molecule has 0 unspecified atom stereocenters. The quantitative estimate of drug-likeness (QED) is 0.934. The predicted octanol–water partition coefficient (Wildman–Crippen LogP) is 3.73. The minimum absolute atomic E-state index is 0.298. The molecule has 4 nitrogen and oxygen atoms in total. The van der Waals surface area contributed by atoms with Gasteiger partial charge in [-0.25, -0.2) is 8.42 Å². The van der Waals surface area contributed by atoms with Crippen molar-refractivity contribution in [1.29, 1.82) is 0 Å². The minimum atomic E-state index is -3.63. The lowest BCUT2D eigenvalue weighted by atomic mass is 10.1. The van der Waals surface area contributed by atoms with E-state index in [1.54, 1.807) is 39.2 Å². The second-order valence-electron chi connectivity index (χ2n) is 5.49. The lowest BCUT2D eigenvalue weighted by Gasteiger charge is -2.15. The van der Waals surface area contributed by atoms with Crippen LogP contribution in [0.1, 0.15) is 22.3 Å². The zero-order chi connectivity index (χ0) is 16.5. The monoisotopic (exact) mass is 319 g/mol. The molecule has 118 valence electrons. The molecule has 0 aliphatic heterocycles. The van der Waals surface area contributed by atoms with Crippen LogP contribution >= 0.6 is 0 Å². The first-order chi connectivity index (χ1) is 10.2. The summed E-state index contributed by atoms with van der Waals surface area (Å²) < 4.78 is 33.2. The number of aryl methyl sites for hydroxylation is 4. The van der Waals surface area contributed by atoms with Crippen molar-refractivity contribution in [2.75, 3.05) is 11.8 Å². The highest BCUT2D eigenvalue weighted by Gasteiger charge is 2.20. The molecule has 0 saturated heterocycles. The first-order valence-electron chi connectivity index (χ1n) is 7.00. The SMILES string of the molecule is COc1cc(C)c(S(=O)(=O)Nc2ccc(C)c(C)c2)c(C)c1. The van der Waals surface area contributed by atoms with Crippen LogP contribution in [0.5, 0.6) is 5.75 Å². The molecule has 0 atom stereocenters. The van der Waals surface area contributed by atoms with Crippen LogP contribution < -0.4 is 9.46 Å². The van der Waals surface area contributed by atoms with Gasteiger partial charge in [-0.1, -0.05) is 6.07 Å². The van der Waals surface area contributed by atoms with Crippen molar-refractivity contribution < 1.29 is 13.2 Å². The molecule has 1 N–H and O–H groups in total. The summed E-state index contributed by atoms with van der Waals surface area (Å²) in [4.78, 5) is 0.298. The van der Waals surface area contributed by atoms with E-state index < -0.39 is 10.0 Å². The molecule has 0 heterocycles. The molecule has 2 aromatic rings. The molecule has 0 amide bonds. The molecule has 5 heteroatoms. The van der Waals surface area contributed by atoms with E-state index in [1.165, 1.54) is 0 Å². The zero-order valence-electron chi connectivity index (χ0n) is 13.5. The van der Waals surface area contributed by atoms with Crippen LogP contribution in [0.25, 0.3) is 0 Å². The molecule has 0 aliphatic rings. The van der Waals surface area contributed by atoms with Crippen molar-refractivity contribution in [1.82, 2.24) is 0 Å². The van der Waals surface area contributed by atoms with Gasteiger partial charge in [-0.2, -0.15) is 0 Å². The molecule has 2 aromatic carbocycles. The van der Waals surface area contributed by atoms with Crippen molar-refractivity contribution in [3.63, 3.8) is 0 Å². The molecule has 0 spiro atoms. The van der Waals surface area contributed by atoms with Crippen LogP contribution in [0.3, 0.4) is 0 Å². The van der Waals surface area contributed by atoms with Crippen LogP contribution in [0.2, 0.25) is 0 Å². The molecule has 22 heavy (non-hydrogen) atoms. The third-order valence-corrected chi connectivity index (χ3v) is 5.38.